The highest BCUT2D eigenvalue weighted by Crippen LogP contribution is 2.35. The fourth-order valence-corrected chi connectivity index (χ4v) is 2.79. The molecule has 0 spiro atoms. The van der Waals surface area contributed by atoms with E-state index >= 15 is 0 Å². The maximum atomic E-state index is 13.5. The lowest BCUT2D eigenvalue weighted by Crippen LogP contribution is -2.35. The number of rotatable bonds is 3. The number of benzene rings is 1. The van der Waals surface area contributed by atoms with Gasteiger partial charge in [0.15, 0.2) is 0 Å². The minimum Gasteiger partial charge on any atom is -0.366 e. The molecule has 0 radical (unpaired) electrons. The molecule has 0 aromatic heterocycles. The summed E-state index contributed by atoms with van der Waals surface area (Å²) >= 11 is 3.05. The van der Waals surface area contributed by atoms with Crippen LogP contribution in [-0.2, 0) is 4.79 Å². The van der Waals surface area contributed by atoms with Gasteiger partial charge in [-0.05, 0) is 34.8 Å². The molecule has 0 aliphatic heterocycles. The van der Waals surface area contributed by atoms with Gasteiger partial charge in [0.05, 0.1) is 15.5 Å². The van der Waals surface area contributed by atoms with Crippen molar-refractivity contribution in [3.63, 3.8) is 0 Å². The highest BCUT2D eigenvalue weighted by molar-refractivity contribution is 9.10. The van der Waals surface area contributed by atoms with Crippen LogP contribution in [0.25, 0.3) is 0 Å². The third-order valence-corrected chi connectivity index (χ3v) is 4.26. The first-order valence-electron chi connectivity index (χ1n) is 6.28. The molecule has 0 N–H and O–H groups in total. The lowest BCUT2D eigenvalue weighted by molar-refractivity contribution is -0.384. The van der Waals surface area contributed by atoms with Gasteiger partial charge in [0, 0.05) is 25.9 Å². The van der Waals surface area contributed by atoms with Gasteiger partial charge in [-0.3, -0.25) is 14.9 Å². The summed E-state index contributed by atoms with van der Waals surface area (Å²) in [6.45, 7) is 0. The molecule has 1 aromatic rings. The molecule has 7 heteroatoms. The zero-order valence-electron chi connectivity index (χ0n) is 10.9. The molecule has 1 aromatic carbocycles. The van der Waals surface area contributed by atoms with Crippen molar-refractivity contribution in [2.45, 2.75) is 31.7 Å². The second kappa shape index (κ2) is 5.87. The van der Waals surface area contributed by atoms with Crippen molar-refractivity contribution in [2.75, 3.05) is 11.9 Å². The Morgan fingerprint density at radius 1 is 1.40 bits per heavy atom. The zero-order valence-corrected chi connectivity index (χ0v) is 12.5. The molecule has 2 rings (SSSR count). The minimum atomic E-state index is -0.660. The quantitative estimate of drug-likeness (QED) is 0.622. The summed E-state index contributed by atoms with van der Waals surface area (Å²) in [7, 11) is 1.74. The molecule has 1 fully saturated rings. The number of nitro groups is 1. The van der Waals surface area contributed by atoms with Gasteiger partial charge >= 0.3 is 0 Å². The van der Waals surface area contributed by atoms with Crippen molar-refractivity contribution < 1.29 is 14.1 Å². The number of nitro benzene ring substituents is 1. The maximum absolute atomic E-state index is 13.5. The van der Waals surface area contributed by atoms with Gasteiger partial charge in [-0.25, -0.2) is 4.39 Å². The molecule has 1 aliphatic rings. The summed E-state index contributed by atoms with van der Waals surface area (Å²) in [6.07, 6.45) is 2.32. The predicted octanol–water partition coefficient (Wildman–Crippen LogP) is 3.44. The van der Waals surface area contributed by atoms with Crippen molar-refractivity contribution in [2.24, 2.45) is 0 Å². The largest absolute Gasteiger partial charge is 0.366 e. The molecule has 0 bridgehead atoms. The summed E-state index contributed by atoms with van der Waals surface area (Å²) in [4.78, 5) is 23.5. The van der Waals surface area contributed by atoms with E-state index < -0.39 is 10.7 Å². The molecule has 108 valence electrons. The van der Waals surface area contributed by atoms with Crippen LogP contribution >= 0.6 is 15.9 Å². The van der Waals surface area contributed by atoms with E-state index in [1.807, 2.05) is 0 Å². The average molecular weight is 345 g/mol. The summed E-state index contributed by atoms with van der Waals surface area (Å²) < 4.78 is 13.7. The van der Waals surface area contributed by atoms with Crippen LogP contribution in [0.2, 0.25) is 0 Å². The molecule has 0 heterocycles. The number of hydrogen-bond donors (Lipinski definition) is 0. The van der Waals surface area contributed by atoms with E-state index in [-0.39, 0.29) is 22.0 Å². The fourth-order valence-electron chi connectivity index (χ4n) is 2.46. The summed E-state index contributed by atoms with van der Waals surface area (Å²) in [5.41, 5.74) is 0.104. The van der Waals surface area contributed by atoms with Crippen LogP contribution in [0.1, 0.15) is 25.7 Å². The van der Waals surface area contributed by atoms with E-state index in [1.54, 1.807) is 11.9 Å². The molecule has 0 amide bonds. The first kappa shape index (κ1) is 14.9. The van der Waals surface area contributed by atoms with Gasteiger partial charge in [-0.1, -0.05) is 0 Å². The number of Topliss-reactive ketones (excluding diaryl/α,β-unsaturated/α-hetero) is 1. The highest BCUT2D eigenvalue weighted by atomic mass is 79.9. The van der Waals surface area contributed by atoms with Crippen molar-refractivity contribution in [3.05, 3.63) is 32.5 Å². The van der Waals surface area contributed by atoms with Crippen molar-refractivity contribution in [3.8, 4) is 0 Å². The smallest absolute Gasteiger partial charge is 0.295 e. The normalized spacial score (nSPS) is 16.2. The molecular weight excluding hydrogens is 331 g/mol. The van der Waals surface area contributed by atoms with Gasteiger partial charge < -0.3 is 4.90 Å². The van der Waals surface area contributed by atoms with Gasteiger partial charge in [0.1, 0.15) is 17.3 Å². The first-order chi connectivity index (χ1) is 9.40. The summed E-state index contributed by atoms with van der Waals surface area (Å²) in [5, 5.41) is 11.1. The number of ketones is 1. The highest BCUT2D eigenvalue weighted by Gasteiger charge is 2.27. The summed E-state index contributed by atoms with van der Waals surface area (Å²) in [6, 6.07) is 2.40. The SMILES string of the molecule is CN(c1cc(Br)c(F)cc1[N+](=O)[O-])C1CCC(=O)CC1. The van der Waals surface area contributed by atoms with Crippen molar-refractivity contribution in [1.29, 1.82) is 0 Å². The third kappa shape index (κ3) is 2.98. The fraction of sp³-hybridized carbons (Fsp3) is 0.462. The standard InChI is InChI=1S/C13H14BrFN2O3/c1-16(8-2-4-9(18)5-3-8)12-6-10(14)11(15)7-13(12)17(19)20/h6-8H,2-5H2,1H3. The van der Waals surface area contributed by atoms with Crippen molar-refractivity contribution >= 4 is 33.1 Å². The second-order valence-corrected chi connectivity index (χ2v) is 5.75. The molecule has 0 atom stereocenters. The topological polar surface area (TPSA) is 63.4 Å². The van der Waals surface area contributed by atoms with Gasteiger partial charge in [-0.15, -0.1) is 0 Å². The van der Waals surface area contributed by atoms with Crippen molar-refractivity contribution in [1.82, 2.24) is 0 Å². The number of hydrogen-bond acceptors (Lipinski definition) is 4. The molecule has 0 saturated heterocycles. The second-order valence-electron chi connectivity index (χ2n) is 4.89. The molecule has 1 saturated carbocycles. The number of halogens is 2. The Morgan fingerprint density at radius 2 is 2.00 bits per heavy atom. The Balaban J connectivity index is 2.33. The Bertz CT molecular complexity index is 555. The van der Waals surface area contributed by atoms with Gasteiger partial charge in [-0.2, -0.15) is 0 Å². The van der Waals surface area contributed by atoms with E-state index in [4.69, 9.17) is 0 Å². The third-order valence-electron chi connectivity index (χ3n) is 3.65. The van der Waals surface area contributed by atoms with Crippen LogP contribution in [0, 0.1) is 15.9 Å². The lowest BCUT2D eigenvalue weighted by Gasteiger charge is -2.32. The van der Waals surface area contributed by atoms with Crippen LogP contribution in [0.3, 0.4) is 0 Å². The lowest BCUT2D eigenvalue weighted by atomic mass is 9.93. The summed E-state index contributed by atoms with van der Waals surface area (Å²) in [5.74, 6) is -0.433. The van der Waals surface area contributed by atoms with Crippen LogP contribution in [0.4, 0.5) is 15.8 Å². The van der Waals surface area contributed by atoms with E-state index in [0.29, 0.717) is 31.4 Å². The maximum Gasteiger partial charge on any atom is 0.295 e. The predicted molar refractivity (Wildman–Crippen MR) is 76.4 cm³/mol. The van der Waals surface area contributed by atoms with E-state index in [9.17, 15) is 19.3 Å². The van der Waals surface area contributed by atoms with E-state index in [2.05, 4.69) is 15.9 Å². The van der Waals surface area contributed by atoms with Crippen LogP contribution in [0.15, 0.2) is 16.6 Å². The monoisotopic (exact) mass is 344 g/mol. The Morgan fingerprint density at radius 3 is 2.55 bits per heavy atom. The van der Waals surface area contributed by atoms with Crippen LogP contribution < -0.4 is 4.90 Å². The zero-order chi connectivity index (χ0) is 14.9. The number of anilines is 1. The number of carbonyl (C=O) groups is 1. The van der Waals surface area contributed by atoms with Crippen LogP contribution in [-0.4, -0.2) is 23.8 Å². The van der Waals surface area contributed by atoms with Gasteiger partial charge in [0.2, 0.25) is 0 Å². The minimum absolute atomic E-state index is 0.0590. The number of nitrogens with zero attached hydrogens (tertiary/aromatic N) is 2. The molecule has 1 aliphatic carbocycles. The average Bonchev–Trinajstić information content (AvgIpc) is 2.41. The van der Waals surface area contributed by atoms with E-state index in [1.165, 1.54) is 6.07 Å². The Hall–Kier alpha value is -1.50. The Kier molecular flexibility index (Phi) is 4.37. The molecule has 0 unspecified atom stereocenters. The first-order valence-corrected chi connectivity index (χ1v) is 7.07. The molecule has 5 nitrogen and oxygen atoms in total. The molecule has 20 heavy (non-hydrogen) atoms. The Labute approximate surface area is 124 Å². The van der Waals surface area contributed by atoms with Crippen LogP contribution in [0.5, 0.6) is 0 Å². The van der Waals surface area contributed by atoms with Gasteiger partial charge in [0.25, 0.3) is 5.69 Å². The van der Waals surface area contributed by atoms with E-state index in [0.717, 1.165) is 6.07 Å². The molecular formula is C13H14BrFN2O3. The number of carbonyl (C=O) groups excluding carboxylic acids is 1.